The van der Waals surface area contributed by atoms with E-state index in [9.17, 15) is 19.2 Å². The summed E-state index contributed by atoms with van der Waals surface area (Å²) in [5.41, 5.74) is 0.367. The fraction of sp³-hybridized carbons (Fsp3) is 0.625. The molecule has 3 N–H and O–H groups in total. The first kappa shape index (κ1) is 30.8. The van der Waals surface area contributed by atoms with E-state index in [4.69, 9.17) is 4.74 Å². The van der Waals surface area contributed by atoms with E-state index >= 15 is 0 Å². The molecule has 0 aromatic heterocycles. The highest BCUT2D eigenvalue weighted by molar-refractivity contribution is 5.91. The van der Waals surface area contributed by atoms with Crippen LogP contribution in [0.25, 0.3) is 0 Å². The molecule has 0 radical (unpaired) electrons. The van der Waals surface area contributed by atoms with Crippen molar-refractivity contribution in [3.05, 3.63) is 48.0 Å². The van der Waals surface area contributed by atoms with Crippen LogP contribution in [0.3, 0.4) is 0 Å². The minimum Gasteiger partial charge on any atom is -0.381 e. The topological polar surface area (TPSA) is 117 Å². The van der Waals surface area contributed by atoms with Gasteiger partial charge in [0.05, 0.1) is 5.41 Å². The fourth-order valence-electron chi connectivity index (χ4n) is 6.34. The fourth-order valence-corrected chi connectivity index (χ4v) is 6.34. The average molecular weight is 567 g/mol. The van der Waals surface area contributed by atoms with Gasteiger partial charge in [0, 0.05) is 51.6 Å². The predicted molar refractivity (Wildman–Crippen MR) is 157 cm³/mol. The Kier molecular flexibility index (Phi) is 10.6. The Morgan fingerprint density at radius 2 is 1.83 bits per heavy atom. The molecule has 4 amide bonds. The highest BCUT2D eigenvalue weighted by atomic mass is 16.5. The second-order valence-corrected chi connectivity index (χ2v) is 12.4. The van der Waals surface area contributed by atoms with Crippen molar-refractivity contribution in [2.24, 2.45) is 17.3 Å². The van der Waals surface area contributed by atoms with Crippen molar-refractivity contribution in [1.29, 1.82) is 0 Å². The first-order chi connectivity index (χ1) is 19.7. The van der Waals surface area contributed by atoms with E-state index in [-0.39, 0.29) is 41.5 Å². The third kappa shape index (κ3) is 8.18. The summed E-state index contributed by atoms with van der Waals surface area (Å²) < 4.78 is 5.59. The van der Waals surface area contributed by atoms with Gasteiger partial charge in [-0.3, -0.25) is 19.2 Å². The number of hydrogen-bond donors (Lipinski definition) is 3. The van der Waals surface area contributed by atoms with Crippen LogP contribution in [0.1, 0.15) is 64.9 Å². The third-order valence-electron chi connectivity index (χ3n) is 8.71. The number of likely N-dealkylation sites (tertiary alicyclic amines) is 1. The molecule has 3 aliphatic rings. The summed E-state index contributed by atoms with van der Waals surface area (Å²) >= 11 is 0. The summed E-state index contributed by atoms with van der Waals surface area (Å²) in [5.74, 6) is -0.292. The number of fused-ring (bicyclic) bond motifs is 1. The first-order valence-electron chi connectivity index (χ1n) is 15.1. The van der Waals surface area contributed by atoms with E-state index in [0.717, 1.165) is 5.56 Å². The SMILES string of the molecule is CC(=O)N[C@H](CC(C)C)C(=O)N1CC[C@H]2NC(=O)[C@H](Cc3ccccc3)NC(=O)C3(CC=CC[C@H]2C1)CCOCC3. The molecular formula is C32H46N4O5. The maximum absolute atomic E-state index is 13.8. The number of nitrogens with one attached hydrogen (secondary N) is 3. The standard InChI is InChI=1S/C32H46N4O5/c1-22(2)19-28(33-23(3)37)30(39)36-16-12-26-25(21-36)11-7-8-13-32(14-17-41-18-15-32)31(40)35-27(29(38)34-26)20-24-9-5-4-6-10-24/h4-10,22,25-28H,11-21H2,1-3H3,(H,33,37)(H,34,38)(H,35,40)/t25-,26+,27-,28+/m0/s1. The number of nitrogens with zero attached hydrogens (tertiary/aromatic N) is 1. The largest absolute Gasteiger partial charge is 0.381 e. The number of hydrogen-bond acceptors (Lipinski definition) is 5. The molecule has 2 saturated heterocycles. The number of carbonyl (C=O) groups is 4. The lowest BCUT2D eigenvalue weighted by molar-refractivity contribution is -0.141. The van der Waals surface area contributed by atoms with Gasteiger partial charge in [0.1, 0.15) is 12.1 Å². The van der Waals surface area contributed by atoms with Gasteiger partial charge in [0.25, 0.3) is 0 Å². The molecule has 9 nitrogen and oxygen atoms in total. The molecule has 3 heterocycles. The van der Waals surface area contributed by atoms with Crippen LogP contribution < -0.4 is 16.0 Å². The lowest BCUT2D eigenvalue weighted by Gasteiger charge is -2.41. The molecule has 3 aliphatic heterocycles. The van der Waals surface area contributed by atoms with Gasteiger partial charge < -0.3 is 25.6 Å². The van der Waals surface area contributed by atoms with Crippen molar-refractivity contribution in [3.63, 3.8) is 0 Å². The molecule has 4 rings (SSSR count). The molecule has 0 unspecified atom stereocenters. The van der Waals surface area contributed by atoms with Gasteiger partial charge in [-0.05, 0) is 50.0 Å². The van der Waals surface area contributed by atoms with Gasteiger partial charge in [-0.1, -0.05) is 56.3 Å². The molecule has 9 heteroatoms. The van der Waals surface area contributed by atoms with Crippen LogP contribution >= 0.6 is 0 Å². The summed E-state index contributed by atoms with van der Waals surface area (Å²) in [7, 11) is 0. The van der Waals surface area contributed by atoms with Crippen LogP contribution in [0.15, 0.2) is 42.5 Å². The Labute approximate surface area is 243 Å². The third-order valence-corrected chi connectivity index (χ3v) is 8.71. The molecule has 1 aromatic carbocycles. The Morgan fingerprint density at radius 3 is 2.51 bits per heavy atom. The monoisotopic (exact) mass is 566 g/mol. The number of amides is 4. The molecule has 2 fully saturated rings. The number of ether oxygens (including phenoxy) is 1. The van der Waals surface area contributed by atoms with Gasteiger partial charge in [0.15, 0.2) is 0 Å². The molecular weight excluding hydrogens is 520 g/mol. The molecule has 0 aliphatic carbocycles. The molecule has 4 atom stereocenters. The van der Waals surface area contributed by atoms with Crippen molar-refractivity contribution in [2.45, 2.75) is 83.8 Å². The van der Waals surface area contributed by atoms with Gasteiger partial charge in [-0.2, -0.15) is 0 Å². The number of carbonyl (C=O) groups excluding carboxylic acids is 4. The summed E-state index contributed by atoms with van der Waals surface area (Å²) in [6, 6.07) is 8.35. The lowest BCUT2D eigenvalue weighted by Crippen LogP contribution is -2.59. The quantitative estimate of drug-likeness (QED) is 0.458. The average Bonchev–Trinajstić information content (AvgIpc) is 2.95. The summed E-state index contributed by atoms with van der Waals surface area (Å²) in [6.45, 7) is 7.55. The van der Waals surface area contributed by atoms with Gasteiger partial charge >= 0.3 is 0 Å². The molecule has 1 spiro atoms. The second-order valence-electron chi connectivity index (χ2n) is 12.4. The molecule has 224 valence electrons. The lowest BCUT2D eigenvalue weighted by atomic mass is 9.75. The molecule has 1 aromatic rings. The molecule has 0 bridgehead atoms. The summed E-state index contributed by atoms with van der Waals surface area (Å²) in [4.78, 5) is 54.7. The van der Waals surface area contributed by atoms with Crippen LogP contribution in [-0.2, 0) is 30.3 Å². The minimum absolute atomic E-state index is 0.0167. The smallest absolute Gasteiger partial charge is 0.245 e. The number of benzene rings is 1. The zero-order valence-corrected chi connectivity index (χ0v) is 24.7. The van der Waals surface area contributed by atoms with Crippen LogP contribution in [0, 0.1) is 17.3 Å². The predicted octanol–water partition coefficient (Wildman–Crippen LogP) is 2.74. The molecule has 41 heavy (non-hydrogen) atoms. The Bertz CT molecular complexity index is 1100. The van der Waals surface area contributed by atoms with E-state index in [1.807, 2.05) is 49.1 Å². The van der Waals surface area contributed by atoms with Crippen LogP contribution in [0.2, 0.25) is 0 Å². The van der Waals surface area contributed by atoms with Crippen LogP contribution in [0.4, 0.5) is 0 Å². The van der Waals surface area contributed by atoms with Gasteiger partial charge in [-0.25, -0.2) is 0 Å². The van der Waals surface area contributed by atoms with Crippen LogP contribution in [-0.4, -0.2) is 73.0 Å². The van der Waals surface area contributed by atoms with E-state index in [1.165, 1.54) is 6.92 Å². The van der Waals surface area contributed by atoms with E-state index in [1.54, 1.807) is 0 Å². The zero-order chi connectivity index (χ0) is 29.4. The molecule has 0 saturated carbocycles. The Balaban J connectivity index is 1.57. The van der Waals surface area contributed by atoms with E-state index in [2.05, 4.69) is 28.1 Å². The summed E-state index contributed by atoms with van der Waals surface area (Å²) in [5, 5.41) is 9.22. The van der Waals surface area contributed by atoms with E-state index < -0.39 is 17.5 Å². The zero-order valence-electron chi connectivity index (χ0n) is 24.7. The maximum atomic E-state index is 13.8. The minimum atomic E-state index is -0.705. The second kappa shape index (κ2) is 14.1. The van der Waals surface area contributed by atoms with Gasteiger partial charge in [0.2, 0.25) is 23.6 Å². The van der Waals surface area contributed by atoms with Crippen molar-refractivity contribution in [2.75, 3.05) is 26.3 Å². The van der Waals surface area contributed by atoms with Crippen molar-refractivity contribution < 1.29 is 23.9 Å². The normalized spacial score (nSPS) is 25.8. The van der Waals surface area contributed by atoms with Crippen molar-refractivity contribution >= 4 is 23.6 Å². The van der Waals surface area contributed by atoms with Crippen LogP contribution in [0.5, 0.6) is 0 Å². The Hall–Kier alpha value is -3.20. The van der Waals surface area contributed by atoms with Crippen molar-refractivity contribution in [1.82, 2.24) is 20.9 Å². The maximum Gasteiger partial charge on any atom is 0.245 e. The number of rotatable bonds is 6. The van der Waals surface area contributed by atoms with Gasteiger partial charge in [-0.15, -0.1) is 0 Å². The highest BCUT2D eigenvalue weighted by Crippen LogP contribution is 2.36. The number of piperidine rings is 1. The summed E-state index contributed by atoms with van der Waals surface area (Å²) in [6.07, 6.45) is 8.26. The van der Waals surface area contributed by atoms with E-state index in [0.29, 0.717) is 71.2 Å². The first-order valence-corrected chi connectivity index (χ1v) is 15.1. The Morgan fingerprint density at radius 1 is 1.10 bits per heavy atom. The number of allylic oxidation sites excluding steroid dienone is 2. The highest BCUT2D eigenvalue weighted by Gasteiger charge is 2.42. The van der Waals surface area contributed by atoms with Crippen molar-refractivity contribution in [3.8, 4) is 0 Å².